The highest BCUT2D eigenvalue weighted by atomic mass is 32.2. The number of hydrogen-bond acceptors (Lipinski definition) is 5. The van der Waals surface area contributed by atoms with Gasteiger partial charge in [-0.1, -0.05) is 12.1 Å². The van der Waals surface area contributed by atoms with E-state index in [2.05, 4.69) is 10.3 Å². The summed E-state index contributed by atoms with van der Waals surface area (Å²) in [4.78, 5) is 17.4. The molecule has 1 saturated heterocycles. The fourth-order valence-electron chi connectivity index (χ4n) is 3.75. The van der Waals surface area contributed by atoms with Gasteiger partial charge in [-0.3, -0.25) is 14.4 Å². The van der Waals surface area contributed by atoms with Crippen molar-refractivity contribution in [2.75, 3.05) is 35.1 Å². The molecule has 0 atom stereocenters. The standard InChI is InChI=1S/C22H26N4O4S/c1-2-30-15-5-13-25-20-8-4-3-7-19(20)23-22(25)24-21(27)17-9-11-18(12-10-17)26-14-6-16-31(26,28)29/h3-4,7-12H,2,5-6,13-16H2,1H3,(H,23,24,27). The average Bonchev–Trinajstić information content (AvgIpc) is 3.30. The van der Waals surface area contributed by atoms with Gasteiger partial charge in [0.15, 0.2) is 0 Å². The van der Waals surface area contributed by atoms with Crippen LogP contribution in [-0.2, 0) is 21.3 Å². The second kappa shape index (κ2) is 9.07. The number of carbonyl (C=O) groups is 1. The lowest BCUT2D eigenvalue weighted by atomic mass is 10.2. The van der Waals surface area contributed by atoms with Gasteiger partial charge in [0, 0.05) is 31.9 Å². The van der Waals surface area contributed by atoms with Crippen LogP contribution in [0.2, 0.25) is 0 Å². The van der Waals surface area contributed by atoms with E-state index < -0.39 is 10.0 Å². The van der Waals surface area contributed by atoms with Crippen LogP contribution < -0.4 is 9.62 Å². The van der Waals surface area contributed by atoms with Crippen LogP contribution in [0.5, 0.6) is 0 Å². The second-order valence-electron chi connectivity index (χ2n) is 7.37. The Labute approximate surface area is 181 Å². The van der Waals surface area contributed by atoms with Gasteiger partial charge in [-0.15, -0.1) is 0 Å². The molecule has 0 radical (unpaired) electrons. The first-order valence-corrected chi connectivity index (χ1v) is 12.1. The number of rotatable bonds is 8. The Balaban J connectivity index is 1.52. The third-order valence-corrected chi connectivity index (χ3v) is 7.14. The lowest BCUT2D eigenvalue weighted by Crippen LogP contribution is -2.25. The van der Waals surface area contributed by atoms with E-state index in [-0.39, 0.29) is 11.7 Å². The highest BCUT2D eigenvalue weighted by molar-refractivity contribution is 7.93. The summed E-state index contributed by atoms with van der Waals surface area (Å²) in [7, 11) is -3.25. The molecule has 2 aromatic carbocycles. The van der Waals surface area contributed by atoms with E-state index >= 15 is 0 Å². The summed E-state index contributed by atoms with van der Waals surface area (Å²) < 4.78 is 33.0. The highest BCUT2D eigenvalue weighted by Gasteiger charge is 2.28. The van der Waals surface area contributed by atoms with Gasteiger partial charge in [0.1, 0.15) is 0 Å². The minimum atomic E-state index is -3.25. The summed E-state index contributed by atoms with van der Waals surface area (Å²) >= 11 is 0. The Bertz CT molecular complexity index is 1170. The summed E-state index contributed by atoms with van der Waals surface area (Å²) in [6.45, 7) is 4.41. The number of fused-ring (bicyclic) bond motifs is 1. The maximum atomic E-state index is 12.9. The van der Waals surface area contributed by atoms with Gasteiger partial charge in [-0.25, -0.2) is 13.4 Å². The second-order valence-corrected chi connectivity index (χ2v) is 9.38. The lowest BCUT2D eigenvalue weighted by molar-refractivity contribution is 0.102. The summed E-state index contributed by atoms with van der Waals surface area (Å²) in [5, 5.41) is 2.90. The molecule has 1 fully saturated rings. The zero-order valence-corrected chi connectivity index (χ0v) is 18.3. The number of imidazole rings is 1. The van der Waals surface area contributed by atoms with Crippen LogP contribution in [0.3, 0.4) is 0 Å². The number of anilines is 2. The maximum Gasteiger partial charge on any atom is 0.257 e. The van der Waals surface area contributed by atoms with Crippen LogP contribution in [-0.4, -0.2) is 49.4 Å². The van der Waals surface area contributed by atoms with Gasteiger partial charge in [0.2, 0.25) is 16.0 Å². The molecular formula is C22H26N4O4S. The van der Waals surface area contributed by atoms with Crippen molar-refractivity contribution < 1.29 is 17.9 Å². The Morgan fingerprint density at radius 1 is 1.16 bits per heavy atom. The van der Waals surface area contributed by atoms with E-state index in [0.717, 1.165) is 17.5 Å². The fraction of sp³-hybridized carbons (Fsp3) is 0.364. The smallest absolute Gasteiger partial charge is 0.257 e. The molecule has 1 amide bonds. The van der Waals surface area contributed by atoms with Crippen molar-refractivity contribution in [3.8, 4) is 0 Å². The number of nitrogens with zero attached hydrogens (tertiary/aromatic N) is 3. The normalized spacial score (nSPS) is 15.5. The van der Waals surface area contributed by atoms with Crippen molar-refractivity contribution >= 4 is 38.6 Å². The van der Waals surface area contributed by atoms with E-state index in [9.17, 15) is 13.2 Å². The van der Waals surface area contributed by atoms with E-state index in [1.54, 1.807) is 24.3 Å². The molecule has 0 unspecified atom stereocenters. The SMILES string of the molecule is CCOCCCn1c(NC(=O)c2ccc(N3CCCS3(=O)=O)cc2)nc2ccccc21. The number of para-hydroxylation sites is 2. The molecule has 4 rings (SSSR count). The number of hydrogen-bond donors (Lipinski definition) is 1. The summed E-state index contributed by atoms with van der Waals surface area (Å²) in [5.74, 6) is 0.348. The molecule has 0 aliphatic carbocycles. The summed E-state index contributed by atoms with van der Waals surface area (Å²) in [6.07, 6.45) is 1.42. The molecule has 8 nitrogen and oxygen atoms in total. The Kier molecular flexibility index (Phi) is 6.24. The monoisotopic (exact) mass is 442 g/mol. The van der Waals surface area contributed by atoms with Crippen molar-refractivity contribution in [1.82, 2.24) is 9.55 Å². The molecule has 1 aromatic heterocycles. The van der Waals surface area contributed by atoms with Gasteiger partial charge in [-0.2, -0.15) is 0 Å². The first kappa shape index (κ1) is 21.3. The molecule has 2 heterocycles. The van der Waals surface area contributed by atoms with Gasteiger partial charge in [0.25, 0.3) is 5.91 Å². The quantitative estimate of drug-likeness (QED) is 0.541. The van der Waals surface area contributed by atoms with E-state index in [1.165, 1.54) is 4.31 Å². The molecule has 0 bridgehead atoms. The van der Waals surface area contributed by atoms with Crippen LogP contribution >= 0.6 is 0 Å². The van der Waals surface area contributed by atoms with Gasteiger partial charge in [-0.05, 0) is 56.2 Å². The zero-order chi connectivity index (χ0) is 21.8. The molecule has 31 heavy (non-hydrogen) atoms. The molecule has 9 heteroatoms. The minimum Gasteiger partial charge on any atom is -0.382 e. The number of ether oxygens (including phenoxy) is 1. The van der Waals surface area contributed by atoms with E-state index in [1.807, 2.05) is 35.8 Å². The number of amides is 1. The number of carbonyl (C=O) groups excluding carboxylic acids is 1. The number of aryl methyl sites for hydroxylation is 1. The van der Waals surface area contributed by atoms with Crippen molar-refractivity contribution in [1.29, 1.82) is 0 Å². The van der Waals surface area contributed by atoms with E-state index in [4.69, 9.17) is 4.74 Å². The molecular weight excluding hydrogens is 416 g/mol. The molecule has 0 spiro atoms. The predicted molar refractivity (Wildman–Crippen MR) is 121 cm³/mol. The largest absolute Gasteiger partial charge is 0.382 e. The van der Waals surface area contributed by atoms with Crippen LogP contribution in [0, 0.1) is 0 Å². The topological polar surface area (TPSA) is 93.5 Å². The van der Waals surface area contributed by atoms with Crippen molar-refractivity contribution in [3.05, 3.63) is 54.1 Å². The van der Waals surface area contributed by atoms with E-state index in [0.29, 0.717) is 49.9 Å². The first-order chi connectivity index (χ1) is 15.0. The summed E-state index contributed by atoms with van der Waals surface area (Å²) in [6, 6.07) is 14.4. The lowest BCUT2D eigenvalue weighted by Gasteiger charge is -2.17. The third-order valence-electron chi connectivity index (χ3n) is 5.27. The molecule has 1 aliphatic heterocycles. The van der Waals surface area contributed by atoms with Crippen molar-refractivity contribution in [2.24, 2.45) is 0 Å². The maximum absolute atomic E-state index is 12.9. The van der Waals surface area contributed by atoms with Crippen LogP contribution in [0.25, 0.3) is 11.0 Å². The average molecular weight is 443 g/mol. The van der Waals surface area contributed by atoms with Crippen molar-refractivity contribution in [2.45, 2.75) is 26.3 Å². The molecule has 3 aromatic rings. The van der Waals surface area contributed by atoms with Gasteiger partial charge in [0.05, 0.1) is 22.5 Å². The Morgan fingerprint density at radius 2 is 1.94 bits per heavy atom. The van der Waals surface area contributed by atoms with Crippen LogP contribution in [0.1, 0.15) is 30.1 Å². The molecule has 1 aliphatic rings. The Hall–Kier alpha value is -2.91. The fourth-order valence-corrected chi connectivity index (χ4v) is 5.31. The van der Waals surface area contributed by atoms with Gasteiger partial charge >= 0.3 is 0 Å². The van der Waals surface area contributed by atoms with Crippen LogP contribution in [0.4, 0.5) is 11.6 Å². The number of sulfonamides is 1. The minimum absolute atomic E-state index is 0.161. The third kappa shape index (κ3) is 4.57. The first-order valence-electron chi connectivity index (χ1n) is 10.4. The summed E-state index contributed by atoms with van der Waals surface area (Å²) in [5.41, 5.74) is 2.78. The molecule has 0 saturated carbocycles. The number of benzene rings is 2. The Morgan fingerprint density at radius 3 is 2.65 bits per heavy atom. The highest BCUT2D eigenvalue weighted by Crippen LogP contribution is 2.25. The predicted octanol–water partition coefficient (Wildman–Crippen LogP) is 3.26. The van der Waals surface area contributed by atoms with Gasteiger partial charge < -0.3 is 9.30 Å². The van der Waals surface area contributed by atoms with Crippen molar-refractivity contribution in [3.63, 3.8) is 0 Å². The zero-order valence-electron chi connectivity index (χ0n) is 17.5. The molecule has 1 N–H and O–H groups in total. The molecule has 164 valence electrons. The number of nitrogens with one attached hydrogen (secondary N) is 1. The number of aromatic nitrogens is 2. The van der Waals surface area contributed by atoms with Crippen LogP contribution in [0.15, 0.2) is 48.5 Å².